The third-order valence-electron chi connectivity index (χ3n) is 4.78. The van der Waals surface area contributed by atoms with Gasteiger partial charge in [-0.2, -0.15) is 0 Å². The monoisotopic (exact) mass is 385 g/mol. The first-order chi connectivity index (χ1) is 13.8. The molecular formula is C21H31N5O2. The first kappa shape index (κ1) is 20.2. The van der Waals surface area contributed by atoms with Crippen molar-refractivity contribution in [1.82, 2.24) is 20.3 Å². The number of para-hydroxylation sites is 1. The number of hydrogen-bond acceptors (Lipinski definition) is 5. The Kier molecular flexibility index (Phi) is 7.72. The fraction of sp³-hybridized carbons (Fsp3) is 0.524. The van der Waals surface area contributed by atoms with Crippen LogP contribution in [0.15, 0.2) is 45.9 Å². The highest BCUT2D eigenvalue weighted by Crippen LogP contribution is 2.10. The topological polar surface area (TPSA) is 66.1 Å². The minimum Gasteiger partial charge on any atom is -0.492 e. The number of nitrogens with one attached hydrogen (secondary N) is 1. The maximum atomic E-state index is 5.81. The Morgan fingerprint density at radius 1 is 1.18 bits per heavy atom. The number of ether oxygens (including phenoxy) is 1. The van der Waals surface area contributed by atoms with E-state index in [4.69, 9.17) is 14.3 Å². The molecule has 1 N–H and O–H groups in total. The van der Waals surface area contributed by atoms with Crippen LogP contribution in [0.2, 0.25) is 0 Å². The van der Waals surface area contributed by atoms with E-state index in [-0.39, 0.29) is 0 Å². The van der Waals surface area contributed by atoms with Gasteiger partial charge in [-0.05, 0) is 25.5 Å². The molecule has 0 aliphatic carbocycles. The van der Waals surface area contributed by atoms with E-state index in [0.717, 1.165) is 68.9 Å². The molecule has 3 rings (SSSR count). The normalized spacial score (nSPS) is 15.6. The van der Waals surface area contributed by atoms with Gasteiger partial charge in [-0.3, -0.25) is 4.90 Å². The molecule has 1 aromatic carbocycles. The van der Waals surface area contributed by atoms with Crippen LogP contribution in [-0.2, 0) is 13.0 Å². The first-order valence-electron chi connectivity index (χ1n) is 10.2. The molecule has 0 unspecified atom stereocenters. The molecule has 1 aliphatic rings. The lowest BCUT2D eigenvalue weighted by molar-refractivity contribution is 0.152. The molecule has 7 heteroatoms. The van der Waals surface area contributed by atoms with E-state index in [9.17, 15) is 0 Å². The standard InChI is InChI=1S/C21H31N5O2/c1-3-18-16-20(28-24-18)17-23-21(22-4-2)26-12-10-25(11-13-26)14-15-27-19-8-6-5-7-9-19/h5-9,16H,3-4,10-15,17H2,1-2H3,(H,22,23). The zero-order valence-corrected chi connectivity index (χ0v) is 16.9. The molecule has 0 spiro atoms. The number of piperazine rings is 1. The van der Waals surface area contributed by atoms with Crippen LogP contribution in [0, 0.1) is 0 Å². The molecular weight excluding hydrogens is 354 g/mol. The van der Waals surface area contributed by atoms with Crippen LogP contribution < -0.4 is 10.1 Å². The van der Waals surface area contributed by atoms with E-state index in [1.54, 1.807) is 0 Å². The lowest BCUT2D eigenvalue weighted by atomic mass is 10.3. The maximum Gasteiger partial charge on any atom is 0.194 e. The van der Waals surface area contributed by atoms with Crippen molar-refractivity contribution in [2.24, 2.45) is 4.99 Å². The summed E-state index contributed by atoms with van der Waals surface area (Å²) in [5.74, 6) is 2.68. The number of hydrogen-bond donors (Lipinski definition) is 1. The summed E-state index contributed by atoms with van der Waals surface area (Å²) in [5.41, 5.74) is 0.974. The summed E-state index contributed by atoms with van der Waals surface area (Å²) in [5, 5.41) is 7.43. The number of aliphatic imine (C=N–C) groups is 1. The van der Waals surface area contributed by atoms with Gasteiger partial charge in [0.25, 0.3) is 0 Å². The predicted molar refractivity (Wildman–Crippen MR) is 111 cm³/mol. The van der Waals surface area contributed by atoms with Crippen LogP contribution in [0.3, 0.4) is 0 Å². The molecule has 1 fully saturated rings. The summed E-state index contributed by atoms with van der Waals surface area (Å²) >= 11 is 0. The van der Waals surface area contributed by atoms with Gasteiger partial charge in [0.1, 0.15) is 18.9 Å². The Morgan fingerprint density at radius 2 is 1.96 bits per heavy atom. The van der Waals surface area contributed by atoms with Crippen LogP contribution in [-0.4, -0.2) is 66.8 Å². The summed E-state index contributed by atoms with van der Waals surface area (Å²) in [4.78, 5) is 9.49. The molecule has 2 aromatic rings. The van der Waals surface area contributed by atoms with E-state index >= 15 is 0 Å². The van der Waals surface area contributed by atoms with Gasteiger partial charge in [0.15, 0.2) is 11.7 Å². The van der Waals surface area contributed by atoms with Crippen LogP contribution in [0.4, 0.5) is 0 Å². The predicted octanol–water partition coefficient (Wildman–Crippen LogP) is 2.40. The van der Waals surface area contributed by atoms with Crippen molar-refractivity contribution in [2.75, 3.05) is 45.9 Å². The molecule has 28 heavy (non-hydrogen) atoms. The van der Waals surface area contributed by atoms with Crippen molar-refractivity contribution in [1.29, 1.82) is 0 Å². The Morgan fingerprint density at radius 3 is 2.64 bits per heavy atom. The molecule has 1 aromatic heterocycles. The second-order valence-electron chi connectivity index (χ2n) is 6.80. The minimum atomic E-state index is 0.514. The van der Waals surface area contributed by atoms with Gasteiger partial charge in [-0.15, -0.1) is 0 Å². The van der Waals surface area contributed by atoms with Crippen LogP contribution in [0.1, 0.15) is 25.3 Å². The number of aryl methyl sites for hydroxylation is 1. The largest absolute Gasteiger partial charge is 0.492 e. The number of guanidine groups is 1. The highest BCUT2D eigenvalue weighted by molar-refractivity contribution is 5.80. The molecule has 0 atom stereocenters. The van der Waals surface area contributed by atoms with E-state index in [0.29, 0.717) is 13.2 Å². The molecule has 0 radical (unpaired) electrons. The smallest absolute Gasteiger partial charge is 0.194 e. The Balaban J connectivity index is 1.44. The van der Waals surface area contributed by atoms with Crippen molar-refractivity contribution in [2.45, 2.75) is 26.8 Å². The summed E-state index contributed by atoms with van der Waals surface area (Å²) in [6.45, 7) is 11.1. The van der Waals surface area contributed by atoms with Gasteiger partial charge in [0, 0.05) is 45.3 Å². The zero-order chi connectivity index (χ0) is 19.6. The number of rotatable bonds is 8. The minimum absolute atomic E-state index is 0.514. The van der Waals surface area contributed by atoms with E-state index in [1.165, 1.54) is 0 Å². The van der Waals surface area contributed by atoms with Gasteiger partial charge in [0.2, 0.25) is 0 Å². The maximum absolute atomic E-state index is 5.81. The zero-order valence-electron chi connectivity index (χ0n) is 16.9. The third-order valence-corrected chi connectivity index (χ3v) is 4.78. The number of nitrogens with zero attached hydrogens (tertiary/aromatic N) is 4. The van der Waals surface area contributed by atoms with Crippen LogP contribution in [0.5, 0.6) is 5.75 Å². The van der Waals surface area contributed by atoms with Crippen molar-refractivity contribution in [3.63, 3.8) is 0 Å². The summed E-state index contributed by atoms with van der Waals surface area (Å²) < 4.78 is 11.2. The molecule has 0 saturated carbocycles. The SMILES string of the molecule is CCNC(=NCc1cc(CC)no1)N1CCN(CCOc2ccccc2)CC1. The molecule has 0 bridgehead atoms. The number of aromatic nitrogens is 1. The van der Waals surface area contributed by atoms with Gasteiger partial charge in [0.05, 0.1) is 5.69 Å². The van der Waals surface area contributed by atoms with E-state index in [1.807, 2.05) is 36.4 Å². The van der Waals surface area contributed by atoms with Gasteiger partial charge in [-0.25, -0.2) is 4.99 Å². The summed E-state index contributed by atoms with van der Waals surface area (Å²) in [6, 6.07) is 12.0. The fourth-order valence-corrected chi connectivity index (χ4v) is 3.17. The quantitative estimate of drug-likeness (QED) is 0.556. The highest BCUT2D eigenvalue weighted by Gasteiger charge is 2.19. The molecule has 1 saturated heterocycles. The Hall–Kier alpha value is -2.54. The van der Waals surface area contributed by atoms with Crippen LogP contribution >= 0.6 is 0 Å². The molecule has 0 amide bonds. The van der Waals surface area contributed by atoms with Crippen LogP contribution in [0.25, 0.3) is 0 Å². The van der Waals surface area contributed by atoms with E-state index in [2.05, 4.69) is 34.1 Å². The summed E-state index contributed by atoms with van der Waals surface area (Å²) in [7, 11) is 0. The van der Waals surface area contributed by atoms with Gasteiger partial charge in [-0.1, -0.05) is 30.3 Å². The first-order valence-corrected chi connectivity index (χ1v) is 10.2. The second kappa shape index (κ2) is 10.7. The lowest BCUT2D eigenvalue weighted by Gasteiger charge is -2.36. The molecule has 152 valence electrons. The average molecular weight is 386 g/mol. The summed E-state index contributed by atoms with van der Waals surface area (Å²) in [6.07, 6.45) is 0.878. The molecule has 1 aliphatic heterocycles. The Bertz CT molecular complexity index is 723. The average Bonchev–Trinajstić information content (AvgIpc) is 3.21. The van der Waals surface area contributed by atoms with Crippen molar-refractivity contribution >= 4 is 5.96 Å². The van der Waals surface area contributed by atoms with E-state index < -0.39 is 0 Å². The second-order valence-corrected chi connectivity index (χ2v) is 6.80. The third kappa shape index (κ3) is 5.99. The molecule has 2 heterocycles. The fourth-order valence-electron chi connectivity index (χ4n) is 3.17. The van der Waals surface area contributed by atoms with Gasteiger partial charge >= 0.3 is 0 Å². The van der Waals surface area contributed by atoms with Crippen molar-refractivity contribution < 1.29 is 9.26 Å². The number of benzene rings is 1. The highest BCUT2D eigenvalue weighted by atomic mass is 16.5. The molecule has 7 nitrogen and oxygen atoms in total. The Labute approximate surface area is 167 Å². The van der Waals surface area contributed by atoms with Gasteiger partial charge < -0.3 is 19.5 Å². The lowest BCUT2D eigenvalue weighted by Crippen LogP contribution is -2.53. The van der Waals surface area contributed by atoms with Crippen molar-refractivity contribution in [3.05, 3.63) is 47.9 Å². The van der Waals surface area contributed by atoms with Crippen molar-refractivity contribution in [3.8, 4) is 5.75 Å².